The number of aliphatic hydroxyl groups is 5. The maximum absolute atomic E-state index is 12.2. The van der Waals surface area contributed by atoms with Crippen LogP contribution in [0.25, 0.3) is 0 Å². The Bertz CT molecular complexity index is 1710. The number of allylic oxidation sites excluding steroid dienone is 1. The van der Waals surface area contributed by atoms with Gasteiger partial charge in [-0.15, -0.1) is 0 Å². The molecule has 11 atom stereocenters. The summed E-state index contributed by atoms with van der Waals surface area (Å²) in [6.07, 6.45) is -11.4. The predicted molar refractivity (Wildman–Crippen MR) is 166 cm³/mol. The fourth-order valence-electron chi connectivity index (χ4n) is 6.42. The van der Waals surface area contributed by atoms with Crippen molar-refractivity contribution in [3.05, 3.63) is 41.1 Å². The molecule has 22 nitrogen and oxygen atoms in total. The number of aliphatic carboxylic acids is 4. The fraction of sp³-hybridized carbons (Fsp3) is 0.531. The van der Waals surface area contributed by atoms with Gasteiger partial charge in [-0.1, -0.05) is 0 Å². The average Bonchev–Trinajstić information content (AvgIpc) is 3.61. The number of aromatic hydroxyl groups is 1. The van der Waals surface area contributed by atoms with Crippen LogP contribution in [-0.2, 0) is 49.3 Å². The van der Waals surface area contributed by atoms with Crippen molar-refractivity contribution in [2.24, 2.45) is 0 Å². The number of ether oxygens (including phenoxy) is 5. The van der Waals surface area contributed by atoms with Crippen LogP contribution in [0.1, 0.15) is 18.4 Å². The molecule has 1 aromatic carbocycles. The summed E-state index contributed by atoms with van der Waals surface area (Å²) in [6, 6.07) is -0.118. The van der Waals surface area contributed by atoms with Crippen molar-refractivity contribution in [3.8, 4) is 11.5 Å². The highest BCUT2D eigenvalue weighted by Gasteiger charge is 2.54. The van der Waals surface area contributed by atoms with Crippen molar-refractivity contribution < 1.29 is 104 Å². The summed E-state index contributed by atoms with van der Waals surface area (Å²) in [5.74, 6) is -7.92. The maximum atomic E-state index is 12.2. The first-order chi connectivity index (χ1) is 25.4. The standard InChI is InChI=1S/C32H38N2O20/c35-10-32(49)11-51-31(26(32)42)54-25-24(41)23(40)20(9-50-22(39)8-21(37)38)53-30(25)52-19-6-13-5-17(29(47)48)34(16(13)7-18(19)36)2-1-12-3-14(27(43)44)33-15(4-12)28(45)46/h1,3,6-7,15,17,20,23-26,30-31,33,35-36,40-42,49H,2,4-5,8-11H2,(H,37,38)(H,43,44)(H,45,46)(H,47,48)/t15-,17-,20+,23+,24-,25+,26-,30+,31-,32+/m0/s1. The number of rotatable bonds is 14. The van der Waals surface area contributed by atoms with Crippen LogP contribution in [0.5, 0.6) is 11.5 Å². The number of hydrogen-bond donors (Lipinski definition) is 11. The van der Waals surface area contributed by atoms with Crippen molar-refractivity contribution in [1.29, 1.82) is 0 Å². The van der Waals surface area contributed by atoms with E-state index in [0.29, 0.717) is 11.1 Å². The van der Waals surface area contributed by atoms with E-state index in [2.05, 4.69) is 5.32 Å². The fourth-order valence-corrected chi connectivity index (χ4v) is 6.42. The molecule has 2 fully saturated rings. The third-order valence-corrected chi connectivity index (χ3v) is 9.33. The van der Waals surface area contributed by atoms with E-state index in [0.717, 1.165) is 6.07 Å². The molecule has 4 heterocycles. The molecule has 296 valence electrons. The number of esters is 1. The summed E-state index contributed by atoms with van der Waals surface area (Å²) in [5.41, 5.74) is -1.70. The first-order valence-corrected chi connectivity index (χ1v) is 16.3. The van der Waals surface area contributed by atoms with E-state index in [1.807, 2.05) is 0 Å². The van der Waals surface area contributed by atoms with E-state index >= 15 is 0 Å². The Morgan fingerprint density at radius 1 is 1.06 bits per heavy atom. The van der Waals surface area contributed by atoms with Crippen LogP contribution in [0.15, 0.2) is 35.6 Å². The minimum Gasteiger partial charge on any atom is -0.544 e. The summed E-state index contributed by atoms with van der Waals surface area (Å²) in [6.45, 7) is -2.47. The molecule has 11 N–H and O–H groups in total. The first kappa shape index (κ1) is 40.3. The number of benzene rings is 1. The molecule has 5 rings (SSSR count). The van der Waals surface area contributed by atoms with Gasteiger partial charge < -0.3 is 84.9 Å². The van der Waals surface area contributed by atoms with Gasteiger partial charge in [0.25, 0.3) is 0 Å². The number of aliphatic hydroxyl groups excluding tert-OH is 4. The van der Waals surface area contributed by atoms with E-state index in [-0.39, 0.29) is 41.4 Å². The van der Waals surface area contributed by atoms with Crippen LogP contribution in [0, 0.1) is 0 Å². The monoisotopic (exact) mass is 770 g/mol. The van der Waals surface area contributed by atoms with E-state index in [1.54, 1.807) is 0 Å². The Labute approximate surface area is 303 Å². The molecule has 0 aromatic heterocycles. The lowest BCUT2D eigenvalue weighted by molar-refractivity contribution is -0.840. The van der Waals surface area contributed by atoms with E-state index in [4.69, 9.17) is 28.8 Å². The number of carbonyl (C=O) groups is 5. The number of hydrogen-bond acceptors (Lipinski definition) is 18. The van der Waals surface area contributed by atoms with Gasteiger partial charge in [-0.05, 0) is 23.8 Å². The second-order valence-corrected chi connectivity index (χ2v) is 13.0. The Morgan fingerprint density at radius 2 is 1.78 bits per heavy atom. The lowest BCUT2D eigenvalue weighted by atomic mass is 9.98. The quantitative estimate of drug-likeness (QED) is 0.0619. The van der Waals surface area contributed by atoms with E-state index in [1.165, 1.54) is 18.2 Å². The predicted octanol–water partition coefficient (Wildman–Crippen LogP) is -6.41. The van der Waals surface area contributed by atoms with Gasteiger partial charge in [0, 0.05) is 24.5 Å². The minimum atomic E-state index is -2.17. The highest BCUT2D eigenvalue weighted by atomic mass is 16.8. The number of fused-ring (bicyclic) bond motifs is 1. The molecule has 0 aliphatic carbocycles. The van der Waals surface area contributed by atoms with Crippen molar-refractivity contribution in [1.82, 2.24) is 5.32 Å². The number of quaternary nitrogens is 1. The topological polar surface area (TPSA) is 353 Å². The largest absolute Gasteiger partial charge is 0.544 e. The van der Waals surface area contributed by atoms with Gasteiger partial charge in [-0.25, -0.2) is 9.59 Å². The van der Waals surface area contributed by atoms with Gasteiger partial charge in [0.05, 0.1) is 13.2 Å². The van der Waals surface area contributed by atoms with Crippen LogP contribution in [0.3, 0.4) is 0 Å². The number of carbonyl (C=O) groups excluding carboxylic acids is 2. The molecule has 4 aliphatic rings. The molecule has 2 saturated heterocycles. The molecule has 4 aliphatic heterocycles. The van der Waals surface area contributed by atoms with Gasteiger partial charge >= 0.3 is 23.9 Å². The lowest BCUT2D eigenvalue weighted by Crippen LogP contribution is -3.11. The number of nitrogens with one attached hydrogen (secondary N) is 2. The zero-order valence-electron chi connectivity index (χ0n) is 28.0. The molecule has 0 spiro atoms. The zero-order valence-corrected chi connectivity index (χ0v) is 28.0. The highest BCUT2D eigenvalue weighted by molar-refractivity contribution is 5.90. The summed E-state index contributed by atoms with van der Waals surface area (Å²) in [5, 5.41) is 106. The Morgan fingerprint density at radius 3 is 2.39 bits per heavy atom. The molecule has 0 bridgehead atoms. The Hall–Kier alpha value is -4.91. The molecule has 0 amide bonds. The minimum absolute atomic E-state index is 0.117. The first-order valence-electron chi connectivity index (χ1n) is 16.3. The van der Waals surface area contributed by atoms with Gasteiger partial charge in [-0.2, -0.15) is 0 Å². The lowest BCUT2D eigenvalue weighted by Gasteiger charge is -2.42. The van der Waals surface area contributed by atoms with Crippen molar-refractivity contribution in [3.63, 3.8) is 0 Å². The van der Waals surface area contributed by atoms with Gasteiger partial charge in [0.15, 0.2) is 23.9 Å². The van der Waals surface area contributed by atoms with Crippen LogP contribution < -0.4 is 20.1 Å². The van der Waals surface area contributed by atoms with Crippen molar-refractivity contribution >= 4 is 35.5 Å². The second-order valence-electron chi connectivity index (χ2n) is 13.0. The van der Waals surface area contributed by atoms with Crippen molar-refractivity contribution in [2.45, 2.75) is 80.0 Å². The van der Waals surface area contributed by atoms with Crippen molar-refractivity contribution in [2.75, 3.05) is 26.4 Å². The summed E-state index contributed by atoms with van der Waals surface area (Å²) in [4.78, 5) is 58.3. The molecule has 22 heteroatoms. The van der Waals surface area contributed by atoms with Gasteiger partial charge in [-0.3, -0.25) is 14.5 Å². The normalized spacial score (nSPS) is 34.0. The SMILES string of the molecule is O=C(O)CC(=O)OC[C@H]1O[C@@H](Oc2cc3c(cc2O)[NH+](CC=C2C=C(C(=O)O)N[C@H](C(=O)O)C2)[C@H](C(=O)[O-])C3)[C@H](O[C@@H]2OC[C@](O)(CO)[C@H]2O)[C@@H](O)[C@@H]1O. The molecule has 0 saturated carbocycles. The molecule has 0 radical (unpaired) electrons. The van der Waals surface area contributed by atoms with Crippen LogP contribution >= 0.6 is 0 Å². The maximum Gasteiger partial charge on any atom is 0.351 e. The van der Waals surface area contributed by atoms with Crippen LogP contribution in [0.4, 0.5) is 5.69 Å². The van der Waals surface area contributed by atoms with Crippen LogP contribution in [-0.4, -0.2) is 163 Å². The molecular formula is C32H38N2O20. The third kappa shape index (κ3) is 8.56. The number of carboxylic acids is 4. The smallest absolute Gasteiger partial charge is 0.351 e. The summed E-state index contributed by atoms with van der Waals surface area (Å²) >= 11 is 0. The number of phenolic OH excluding ortho intramolecular Hbond substituents is 1. The molecule has 1 aromatic rings. The number of phenols is 1. The average molecular weight is 771 g/mol. The number of carboxylic acid groups (broad SMARTS) is 4. The second kappa shape index (κ2) is 16.2. The summed E-state index contributed by atoms with van der Waals surface area (Å²) < 4.78 is 27.3. The molecular weight excluding hydrogens is 732 g/mol. The highest BCUT2D eigenvalue weighted by Crippen LogP contribution is 2.38. The molecule has 1 unspecified atom stereocenters. The third-order valence-electron chi connectivity index (χ3n) is 9.33. The van der Waals surface area contributed by atoms with E-state index < -0.39 is 123 Å². The van der Waals surface area contributed by atoms with Gasteiger partial charge in [0.1, 0.15) is 79.0 Å². The van der Waals surface area contributed by atoms with Gasteiger partial charge in [0.2, 0.25) is 6.29 Å². The summed E-state index contributed by atoms with van der Waals surface area (Å²) in [7, 11) is 0. The van der Waals surface area contributed by atoms with Crippen LogP contribution in [0.2, 0.25) is 0 Å². The Balaban J connectivity index is 1.42. The molecule has 54 heavy (non-hydrogen) atoms. The van der Waals surface area contributed by atoms with E-state index in [9.17, 15) is 69.9 Å². The zero-order chi connectivity index (χ0) is 39.6. The Kier molecular flexibility index (Phi) is 12.1.